The van der Waals surface area contributed by atoms with Crippen molar-refractivity contribution in [2.45, 2.75) is 77.2 Å². The van der Waals surface area contributed by atoms with E-state index in [-0.39, 0.29) is 17.3 Å². The second kappa shape index (κ2) is 7.31. The summed E-state index contributed by atoms with van der Waals surface area (Å²) in [5.74, 6) is 2.58. The summed E-state index contributed by atoms with van der Waals surface area (Å²) >= 11 is 0. The Bertz CT molecular complexity index is 737. The van der Waals surface area contributed by atoms with Crippen LogP contribution in [0.1, 0.15) is 71.6 Å². The Morgan fingerprint density at radius 1 is 1.13 bits per heavy atom. The summed E-state index contributed by atoms with van der Waals surface area (Å²) in [6.07, 6.45) is 12.1. The summed E-state index contributed by atoms with van der Waals surface area (Å²) in [7, 11) is 1.70. The fourth-order valence-corrected chi connectivity index (χ4v) is 8.89. The van der Waals surface area contributed by atoms with E-state index < -0.39 is 5.60 Å². The third kappa shape index (κ3) is 2.87. The number of fused-ring (bicyclic) bond motifs is 5. The summed E-state index contributed by atoms with van der Waals surface area (Å²) < 4.78 is 5.24. The van der Waals surface area contributed by atoms with Crippen molar-refractivity contribution in [3.05, 3.63) is 11.6 Å². The first kappa shape index (κ1) is 21.0. The lowest BCUT2D eigenvalue weighted by molar-refractivity contribution is -0.206. The quantitative estimate of drug-likeness (QED) is 0.534. The number of carbonyl (C=O) groups excluding carboxylic acids is 1. The zero-order valence-electron chi connectivity index (χ0n) is 18.9. The van der Waals surface area contributed by atoms with Gasteiger partial charge in [-0.15, -0.1) is 0 Å². The van der Waals surface area contributed by atoms with Gasteiger partial charge >= 0.3 is 5.97 Å². The van der Waals surface area contributed by atoms with E-state index in [9.17, 15) is 9.90 Å². The molecule has 0 spiro atoms. The van der Waals surface area contributed by atoms with Crippen molar-refractivity contribution in [2.24, 2.45) is 40.4 Å². The van der Waals surface area contributed by atoms with Crippen LogP contribution in [0, 0.1) is 40.4 Å². The minimum atomic E-state index is -0.602. The highest BCUT2D eigenvalue weighted by Gasteiger charge is 2.67. The predicted octanol–water partition coefficient (Wildman–Crippen LogP) is 4.01. The van der Waals surface area contributed by atoms with Gasteiger partial charge in [-0.05, 0) is 98.4 Å². The molecular weight excluding hydrogens is 378 g/mol. The second-order valence-electron chi connectivity index (χ2n) is 11.5. The van der Waals surface area contributed by atoms with E-state index in [1.807, 2.05) is 0 Å². The highest BCUT2D eigenvalue weighted by molar-refractivity contribution is 5.85. The normalized spacial score (nSPS) is 50.3. The standard InChI is InChI=1S/C25H39NO4/c1-23-9-6-16(14-26-29-3)12-18(23)4-5-21-20(23)7-10-24(2)19(8-11-25(21,24)28)17-13-22(27)30-15-17/h13,16,18-21,26,28H,4-12,14-15H2,1-3H3/t16-,18?,19+,20?,21?,23?,24+,25-/m0/s1. The molecule has 0 bridgehead atoms. The monoisotopic (exact) mass is 417 g/mol. The molecule has 0 saturated heterocycles. The average molecular weight is 418 g/mol. The molecule has 1 aliphatic heterocycles. The van der Waals surface area contributed by atoms with Crippen molar-refractivity contribution in [3.8, 4) is 0 Å². The maximum Gasteiger partial charge on any atom is 0.331 e. The number of hydroxylamine groups is 1. The summed E-state index contributed by atoms with van der Waals surface area (Å²) in [5, 5.41) is 12.3. The molecule has 5 nitrogen and oxygen atoms in total. The lowest BCUT2D eigenvalue weighted by Gasteiger charge is -2.64. The number of aliphatic hydroxyl groups is 1. The summed E-state index contributed by atoms with van der Waals surface area (Å²) in [6, 6.07) is 0. The first-order chi connectivity index (χ1) is 14.3. The van der Waals surface area contributed by atoms with E-state index in [0.717, 1.165) is 43.7 Å². The van der Waals surface area contributed by atoms with Gasteiger partial charge in [-0.25, -0.2) is 10.3 Å². The van der Waals surface area contributed by atoms with Crippen molar-refractivity contribution in [3.63, 3.8) is 0 Å². The molecule has 4 fully saturated rings. The topological polar surface area (TPSA) is 67.8 Å². The van der Waals surface area contributed by atoms with Crippen LogP contribution in [0.4, 0.5) is 0 Å². The van der Waals surface area contributed by atoms with E-state index in [2.05, 4.69) is 19.3 Å². The molecular formula is C25H39NO4. The van der Waals surface area contributed by atoms with Gasteiger partial charge in [0.05, 0.1) is 12.7 Å². The lowest BCUT2D eigenvalue weighted by Crippen LogP contribution is -2.62. The maximum atomic E-state index is 12.3. The van der Waals surface area contributed by atoms with Crippen LogP contribution in [-0.2, 0) is 14.4 Å². The predicted molar refractivity (Wildman–Crippen MR) is 114 cm³/mol. The molecule has 0 aromatic rings. The minimum Gasteiger partial charge on any atom is -0.458 e. The second-order valence-corrected chi connectivity index (χ2v) is 11.5. The van der Waals surface area contributed by atoms with Crippen molar-refractivity contribution in [2.75, 3.05) is 20.3 Å². The lowest BCUT2D eigenvalue weighted by atomic mass is 9.43. The van der Waals surface area contributed by atoms with Crippen molar-refractivity contribution >= 4 is 5.97 Å². The fourth-order valence-electron chi connectivity index (χ4n) is 8.89. The van der Waals surface area contributed by atoms with Crippen LogP contribution in [0.3, 0.4) is 0 Å². The van der Waals surface area contributed by atoms with Gasteiger partial charge in [0.25, 0.3) is 0 Å². The van der Waals surface area contributed by atoms with Crippen LogP contribution >= 0.6 is 0 Å². The molecule has 5 aliphatic rings. The van der Waals surface area contributed by atoms with Crippen LogP contribution < -0.4 is 5.48 Å². The van der Waals surface area contributed by atoms with Gasteiger partial charge in [-0.3, -0.25) is 0 Å². The molecule has 4 unspecified atom stereocenters. The Labute approximate surface area is 180 Å². The van der Waals surface area contributed by atoms with Crippen molar-refractivity contribution in [1.29, 1.82) is 0 Å². The minimum absolute atomic E-state index is 0.128. The number of rotatable bonds is 4. The van der Waals surface area contributed by atoms with E-state index in [0.29, 0.717) is 29.8 Å². The van der Waals surface area contributed by atoms with Crippen molar-refractivity contribution in [1.82, 2.24) is 5.48 Å². The number of esters is 1. The largest absolute Gasteiger partial charge is 0.458 e. The molecule has 2 N–H and O–H groups in total. The number of nitrogens with one attached hydrogen (secondary N) is 1. The number of carbonyl (C=O) groups is 1. The summed E-state index contributed by atoms with van der Waals surface area (Å²) in [4.78, 5) is 16.8. The van der Waals surface area contributed by atoms with Crippen molar-refractivity contribution < 1.29 is 19.5 Å². The zero-order valence-corrected chi connectivity index (χ0v) is 18.9. The molecule has 1 heterocycles. The Morgan fingerprint density at radius 3 is 2.70 bits per heavy atom. The first-order valence-corrected chi connectivity index (χ1v) is 12.2. The summed E-state index contributed by atoms with van der Waals surface area (Å²) in [5.41, 5.74) is 3.83. The van der Waals surface area contributed by atoms with Crippen LogP contribution in [0.2, 0.25) is 0 Å². The van der Waals surface area contributed by atoms with Gasteiger partial charge in [-0.1, -0.05) is 13.8 Å². The molecule has 5 heteroatoms. The Hall–Kier alpha value is -0.910. The van der Waals surface area contributed by atoms with Gasteiger partial charge in [0.2, 0.25) is 0 Å². The molecule has 0 radical (unpaired) electrons. The first-order valence-electron chi connectivity index (χ1n) is 12.2. The Morgan fingerprint density at radius 2 is 1.97 bits per heavy atom. The highest BCUT2D eigenvalue weighted by atomic mass is 16.6. The third-order valence-electron chi connectivity index (χ3n) is 10.6. The van der Waals surface area contributed by atoms with Crippen LogP contribution in [-0.4, -0.2) is 36.9 Å². The molecule has 30 heavy (non-hydrogen) atoms. The third-order valence-corrected chi connectivity index (χ3v) is 10.6. The van der Waals surface area contributed by atoms with Gasteiger partial charge in [-0.2, -0.15) is 0 Å². The molecule has 5 rings (SSSR count). The molecule has 0 aromatic carbocycles. The zero-order chi connectivity index (χ0) is 21.1. The summed E-state index contributed by atoms with van der Waals surface area (Å²) in [6.45, 7) is 6.24. The number of ether oxygens (including phenoxy) is 1. The Kier molecular flexibility index (Phi) is 5.11. The molecule has 168 valence electrons. The number of cyclic esters (lactones) is 1. The fraction of sp³-hybridized carbons (Fsp3) is 0.880. The number of hydrogen-bond donors (Lipinski definition) is 2. The smallest absolute Gasteiger partial charge is 0.331 e. The Balaban J connectivity index is 1.38. The molecule has 8 atom stereocenters. The van der Waals surface area contributed by atoms with E-state index in [1.54, 1.807) is 13.2 Å². The SMILES string of the molecule is CONC[C@H]1CCC2(C)C(CCC3C2CC[C@]2(C)[C@@H](C4=CC(=O)OC4)CC[C@]32O)C1. The van der Waals surface area contributed by atoms with Gasteiger partial charge in [0.1, 0.15) is 6.61 Å². The van der Waals surface area contributed by atoms with E-state index in [1.165, 1.54) is 32.1 Å². The van der Waals surface area contributed by atoms with Gasteiger partial charge < -0.3 is 14.7 Å². The van der Waals surface area contributed by atoms with Crippen LogP contribution in [0.5, 0.6) is 0 Å². The highest BCUT2D eigenvalue weighted by Crippen LogP contribution is 2.70. The van der Waals surface area contributed by atoms with E-state index >= 15 is 0 Å². The van der Waals surface area contributed by atoms with Gasteiger partial charge in [0.15, 0.2) is 0 Å². The average Bonchev–Trinajstić information content (AvgIpc) is 3.26. The molecule has 0 amide bonds. The van der Waals surface area contributed by atoms with Crippen LogP contribution in [0.25, 0.3) is 0 Å². The maximum absolute atomic E-state index is 12.3. The molecule has 4 aliphatic carbocycles. The number of hydrogen-bond acceptors (Lipinski definition) is 5. The molecule has 4 saturated carbocycles. The van der Waals surface area contributed by atoms with E-state index in [4.69, 9.17) is 9.57 Å². The van der Waals surface area contributed by atoms with Gasteiger partial charge in [0, 0.05) is 18.0 Å². The van der Waals surface area contributed by atoms with Crippen LogP contribution in [0.15, 0.2) is 11.6 Å². The molecule has 0 aromatic heterocycles.